The molecule has 0 spiro atoms. The van der Waals surface area contributed by atoms with E-state index in [1.807, 2.05) is 18.2 Å². The Hall–Kier alpha value is -0.220. The molecule has 1 aromatic rings. The molecule has 2 nitrogen and oxygen atoms in total. The summed E-state index contributed by atoms with van der Waals surface area (Å²) in [7, 11) is 0. The van der Waals surface area contributed by atoms with Crippen molar-refractivity contribution in [3.8, 4) is 0 Å². The lowest BCUT2D eigenvalue weighted by atomic mass is 10.2. The van der Waals surface area contributed by atoms with Gasteiger partial charge in [-0.2, -0.15) is 0 Å². The Morgan fingerprint density at radius 1 is 1.33 bits per heavy atom. The molecule has 1 aliphatic heterocycles. The van der Waals surface area contributed by atoms with Gasteiger partial charge < -0.3 is 5.32 Å². The van der Waals surface area contributed by atoms with Crippen LogP contribution in [0.3, 0.4) is 0 Å². The number of rotatable bonds is 2. The maximum Gasteiger partial charge on any atom is 0.0462 e. The highest BCUT2D eigenvalue weighted by Crippen LogP contribution is 2.24. The van der Waals surface area contributed by atoms with Gasteiger partial charge in [0.15, 0.2) is 0 Å². The monoisotopic (exact) mass is 242 g/mol. The minimum atomic E-state index is 0.820. The highest BCUT2D eigenvalue weighted by Gasteiger charge is 2.13. The smallest absolute Gasteiger partial charge is 0.0462 e. The first-order valence-corrected chi connectivity index (χ1v) is 5.99. The third-order valence-electron chi connectivity index (χ3n) is 2.69. The van der Waals surface area contributed by atoms with Crippen LogP contribution in [0, 0.1) is 0 Å². The second-order valence-corrected chi connectivity index (χ2v) is 4.65. The molecule has 0 aliphatic carbocycles. The van der Waals surface area contributed by atoms with Crippen molar-refractivity contribution in [1.82, 2.24) is 10.2 Å². The Labute approximate surface area is 101 Å². The van der Waals surface area contributed by atoms with Gasteiger partial charge in [0.1, 0.15) is 0 Å². The van der Waals surface area contributed by atoms with Gasteiger partial charge in [-0.3, -0.25) is 4.90 Å². The zero-order valence-corrected chi connectivity index (χ0v) is 10.2. The summed E-state index contributed by atoms with van der Waals surface area (Å²) in [4.78, 5) is 3.39. The van der Waals surface area contributed by atoms with Crippen molar-refractivity contribution >= 4 is 24.2 Å². The van der Waals surface area contributed by atoms with E-state index in [0.29, 0.717) is 0 Å². The Morgan fingerprint density at radius 2 is 2.07 bits per heavy atom. The van der Waals surface area contributed by atoms with Crippen molar-refractivity contribution in [2.75, 3.05) is 26.2 Å². The highest BCUT2D eigenvalue weighted by atomic mass is 35.5. The normalized spacial score (nSPS) is 18.0. The number of halogens is 1. The van der Waals surface area contributed by atoms with Crippen LogP contribution in [0.1, 0.15) is 5.56 Å². The van der Waals surface area contributed by atoms with E-state index >= 15 is 0 Å². The zero-order valence-electron chi connectivity index (χ0n) is 8.54. The molecule has 0 atom stereocenters. The van der Waals surface area contributed by atoms with Gasteiger partial charge in [0, 0.05) is 42.6 Å². The molecule has 0 bridgehead atoms. The fourth-order valence-electron chi connectivity index (χ4n) is 1.80. The summed E-state index contributed by atoms with van der Waals surface area (Å²) in [6.45, 7) is 5.19. The van der Waals surface area contributed by atoms with Crippen LogP contribution in [0.15, 0.2) is 23.1 Å². The fourth-order valence-corrected chi connectivity index (χ4v) is 2.37. The van der Waals surface area contributed by atoms with Crippen molar-refractivity contribution < 1.29 is 0 Å². The number of hydrogen-bond donors (Lipinski definition) is 2. The molecule has 15 heavy (non-hydrogen) atoms. The predicted octanol–water partition coefficient (Wildman–Crippen LogP) is 2.03. The van der Waals surface area contributed by atoms with Crippen LogP contribution in [0.5, 0.6) is 0 Å². The Morgan fingerprint density at radius 3 is 2.73 bits per heavy atom. The van der Waals surface area contributed by atoms with Gasteiger partial charge in [-0.25, -0.2) is 0 Å². The van der Waals surface area contributed by atoms with E-state index in [4.69, 9.17) is 11.6 Å². The lowest BCUT2D eigenvalue weighted by Gasteiger charge is -2.27. The molecule has 2 rings (SSSR count). The Bertz CT molecular complexity index is 317. The van der Waals surface area contributed by atoms with E-state index < -0.39 is 0 Å². The first-order valence-electron chi connectivity index (χ1n) is 5.17. The molecular weight excluding hydrogens is 228 g/mol. The molecule has 1 aliphatic rings. The molecule has 1 heterocycles. The average molecular weight is 243 g/mol. The molecule has 4 heteroatoms. The predicted molar refractivity (Wildman–Crippen MR) is 66.9 cm³/mol. The van der Waals surface area contributed by atoms with Crippen LogP contribution in [0.25, 0.3) is 0 Å². The summed E-state index contributed by atoms with van der Waals surface area (Å²) in [5.74, 6) is 0. The molecule has 1 saturated heterocycles. The summed E-state index contributed by atoms with van der Waals surface area (Å²) < 4.78 is 0. The van der Waals surface area contributed by atoms with Crippen LogP contribution in [0.4, 0.5) is 0 Å². The third kappa shape index (κ3) is 2.88. The number of benzene rings is 1. The quantitative estimate of drug-likeness (QED) is 0.772. The maximum atomic E-state index is 6.16. The van der Waals surface area contributed by atoms with Gasteiger partial charge in [-0.1, -0.05) is 17.7 Å². The minimum absolute atomic E-state index is 0.820. The molecular formula is C11H15ClN2S. The number of nitrogens with zero attached hydrogens (tertiary/aromatic N) is 1. The molecule has 1 N–H and O–H groups in total. The van der Waals surface area contributed by atoms with Gasteiger partial charge in [-0.15, -0.1) is 12.6 Å². The van der Waals surface area contributed by atoms with E-state index in [1.54, 1.807) is 0 Å². The zero-order chi connectivity index (χ0) is 10.7. The van der Waals surface area contributed by atoms with Crippen molar-refractivity contribution in [1.29, 1.82) is 0 Å². The van der Waals surface area contributed by atoms with Gasteiger partial charge in [0.2, 0.25) is 0 Å². The molecule has 82 valence electrons. The topological polar surface area (TPSA) is 15.3 Å². The molecule has 1 fully saturated rings. The van der Waals surface area contributed by atoms with Crippen molar-refractivity contribution in [2.45, 2.75) is 11.4 Å². The fraction of sp³-hybridized carbons (Fsp3) is 0.455. The van der Waals surface area contributed by atoms with Gasteiger partial charge >= 0.3 is 0 Å². The Kier molecular flexibility index (Phi) is 3.92. The molecule has 0 aromatic heterocycles. The minimum Gasteiger partial charge on any atom is -0.314 e. The second-order valence-electron chi connectivity index (χ2n) is 3.76. The van der Waals surface area contributed by atoms with E-state index in [2.05, 4.69) is 22.8 Å². The third-order valence-corrected chi connectivity index (χ3v) is 3.46. The van der Waals surface area contributed by atoms with Gasteiger partial charge in [-0.05, 0) is 17.7 Å². The summed E-state index contributed by atoms with van der Waals surface area (Å²) in [6, 6.07) is 5.86. The Balaban J connectivity index is 2.09. The van der Waals surface area contributed by atoms with Crippen LogP contribution < -0.4 is 5.32 Å². The van der Waals surface area contributed by atoms with Gasteiger partial charge in [0.05, 0.1) is 0 Å². The summed E-state index contributed by atoms with van der Waals surface area (Å²) in [5, 5.41) is 4.16. The SMILES string of the molecule is Sc1cccc(Cl)c1CN1CCNCC1. The van der Waals surface area contributed by atoms with Crippen molar-refractivity contribution in [3.63, 3.8) is 0 Å². The average Bonchev–Trinajstić information content (AvgIpc) is 2.25. The maximum absolute atomic E-state index is 6.16. The van der Waals surface area contributed by atoms with E-state index in [0.717, 1.165) is 48.2 Å². The highest BCUT2D eigenvalue weighted by molar-refractivity contribution is 7.80. The first-order chi connectivity index (χ1) is 7.27. The van der Waals surface area contributed by atoms with Crippen molar-refractivity contribution in [3.05, 3.63) is 28.8 Å². The molecule has 0 saturated carbocycles. The van der Waals surface area contributed by atoms with E-state index in [1.165, 1.54) is 0 Å². The van der Waals surface area contributed by atoms with Crippen molar-refractivity contribution in [2.24, 2.45) is 0 Å². The number of nitrogens with one attached hydrogen (secondary N) is 1. The largest absolute Gasteiger partial charge is 0.314 e. The van der Waals surface area contributed by atoms with E-state index in [9.17, 15) is 0 Å². The standard InChI is InChI=1S/C11H15ClN2S/c12-10-2-1-3-11(15)9(10)8-14-6-4-13-5-7-14/h1-3,13,15H,4-8H2. The molecule has 1 aromatic carbocycles. The molecule has 0 amide bonds. The first kappa shape index (κ1) is 11.3. The summed E-state index contributed by atoms with van der Waals surface area (Å²) in [6.07, 6.45) is 0. The van der Waals surface area contributed by atoms with Crippen LogP contribution in [0.2, 0.25) is 5.02 Å². The number of thiol groups is 1. The van der Waals surface area contributed by atoms with Crippen LogP contribution >= 0.6 is 24.2 Å². The number of hydrogen-bond acceptors (Lipinski definition) is 3. The summed E-state index contributed by atoms with van der Waals surface area (Å²) in [5.41, 5.74) is 1.14. The number of piperazine rings is 1. The second kappa shape index (κ2) is 5.21. The molecule has 0 unspecified atom stereocenters. The van der Waals surface area contributed by atoms with E-state index in [-0.39, 0.29) is 0 Å². The van der Waals surface area contributed by atoms with Crippen LogP contribution in [-0.2, 0) is 6.54 Å². The molecule has 0 radical (unpaired) electrons. The lowest BCUT2D eigenvalue weighted by molar-refractivity contribution is 0.232. The summed E-state index contributed by atoms with van der Waals surface area (Å²) >= 11 is 10.6. The lowest BCUT2D eigenvalue weighted by Crippen LogP contribution is -2.43. The van der Waals surface area contributed by atoms with Gasteiger partial charge in [0.25, 0.3) is 0 Å². The van der Waals surface area contributed by atoms with Crippen LogP contribution in [-0.4, -0.2) is 31.1 Å².